The molecule has 9 rings (SSSR count). The number of hydrogen-bond acceptors (Lipinski definition) is 10. The zero-order valence-electron chi connectivity index (χ0n) is 54.9. The second-order valence-corrected chi connectivity index (χ2v) is 20.5. The maximum atomic E-state index is 11.0. The predicted molar refractivity (Wildman–Crippen MR) is 363 cm³/mol. The van der Waals surface area contributed by atoms with Gasteiger partial charge in [-0.2, -0.15) is 10.2 Å². The summed E-state index contributed by atoms with van der Waals surface area (Å²) in [4.78, 5) is 54.3. The standard InChI is InChI=1S/C9H11NO.2C9H10O2.2C9H10O.C8H10N2.C8H10O.2C8H10/c1-7-3-5-8(6-4-7)9(11)10-2;2*1-7-3-5-8(6-4-7)9(10)11-2;2*1-7-3-5-9(6-4-7)8(2)10;1-7-3-5-8(6-4-7)10-9-2;1-7-3-5-8(9-2)6-4-7;2*1-7-3-5-8(2)6-4-7/h3-6H,1-2H3,(H,10,11);2*3-6H,1-2H3;3*3-6H,1-2H3;3-6H,1-2H3;2*3-6H,1-2H3. The topological polar surface area (TPSA) is 150 Å². The molecule has 0 aliphatic carbocycles. The number of aryl methyl sites for hydroxylation is 11. The van der Waals surface area contributed by atoms with Crippen LogP contribution in [0.15, 0.2) is 229 Å². The molecule has 0 unspecified atom stereocenters. The number of Topliss-reactive ketones (excluding diaryl/α,β-unsaturated/α-hetero) is 2. The van der Waals surface area contributed by atoms with Gasteiger partial charge in [-0.1, -0.05) is 219 Å². The van der Waals surface area contributed by atoms with Gasteiger partial charge in [-0.15, -0.1) is 0 Å². The summed E-state index contributed by atoms with van der Waals surface area (Å²) in [5.74, 6) is 0.556. The first-order valence-electron chi connectivity index (χ1n) is 28.6. The fourth-order valence-electron chi connectivity index (χ4n) is 6.72. The molecule has 0 saturated heterocycles. The molecule has 462 valence electrons. The Bertz CT molecular complexity index is 3150. The molecule has 9 aromatic carbocycles. The predicted octanol–water partition coefficient (Wildman–Crippen LogP) is 18.6. The number of hydrogen-bond donors (Lipinski definition) is 1. The molecule has 0 spiro atoms. The molecule has 0 aromatic heterocycles. The highest BCUT2D eigenvalue weighted by Crippen LogP contribution is 2.13. The molecule has 11 nitrogen and oxygen atoms in total. The van der Waals surface area contributed by atoms with E-state index in [0.29, 0.717) is 16.7 Å². The smallest absolute Gasteiger partial charge is 0.337 e. The van der Waals surface area contributed by atoms with Gasteiger partial charge in [0.15, 0.2) is 11.6 Å². The molecular formula is C77H91N3O8. The van der Waals surface area contributed by atoms with Crippen molar-refractivity contribution in [3.05, 3.63) is 307 Å². The maximum absolute atomic E-state index is 11.0. The summed E-state index contributed by atoms with van der Waals surface area (Å²) in [7, 11) is 7.72. The van der Waals surface area contributed by atoms with Crippen LogP contribution in [0, 0.1) is 76.2 Å². The van der Waals surface area contributed by atoms with E-state index in [-0.39, 0.29) is 29.4 Å². The zero-order valence-corrected chi connectivity index (χ0v) is 54.9. The summed E-state index contributed by atoms with van der Waals surface area (Å²) < 4.78 is 14.0. The lowest BCUT2D eigenvalue weighted by molar-refractivity contribution is 0.0592. The van der Waals surface area contributed by atoms with E-state index in [0.717, 1.165) is 39.3 Å². The summed E-state index contributed by atoms with van der Waals surface area (Å²) in [6.45, 7) is 25.6. The minimum Gasteiger partial charge on any atom is -0.497 e. The Balaban J connectivity index is 0.000000496. The Kier molecular flexibility index (Phi) is 37.8. The molecule has 0 aliphatic rings. The molecule has 9 aromatic rings. The Labute approximate surface area is 524 Å². The van der Waals surface area contributed by atoms with Crippen LogP contribution in [0.5, 0.6) is 5.75 Å². The molecule has 0 atom stereocenters. The lowest BCUT2D eigenvalue weighted by Crippen LogP contribution is -2.17. The van der Waals surface area contributed by atoms with Crippen molar-refractivity contribution in [1.82, 2.24) is 5.32 Å². The number of carbonyl (C=O) groups excluding carboxylic acids is 5. The van der Waals surface area contributed by atoms with Crippen LogP contribution in [-0.4, -0.2) is 64.8 Å². The van der Waals surface area contributed by atoms with Crippen molar-refractivity contribution in [2.75, 3.05) is 35.4 Å². The average molecular weight is 1190 g/mol. The fraction of sp³-hybridized carbons (Fsp3) is 0.234. The van der Waals surface area contributed by atoms with E-state index < -0.39 is 0 Å². The molecule has 0 aliphatic heterocycles. The third-order valence-corrected chi connectivity index (χ3v) is 12.3. The monoisotopic (exact) mass is 1190 g/mol. The Morgan fingerprint density at radius 3 is 0.716 bits per heavy atom. The minimum atomic E-state index is -0.287. The molecule has 0 heterocycles. The molecule has 88 heavy (non-hydrogen) atoms. The number of carbonyl (C=O) groups is 5. The normalized spacial score (nSPS) is 9.43. The molecule has 1 N–H and O–H groups in total. The quantitative estimate of drug-likeness (QED) is 0.0941. The van der Waals surface area contributed by atoms with Crippen LogP contribution in [0.25, 0.3) is 0 Å². The van der Waals surface area contributed by atoms with Crippen molar-refractivity contribution in [3.8, 4) is 5.75 Å². The summed E-state index contributed by atoms with van der Waals surface area (Å²) in [6, 6.07) is 70.0. The second-order valence-electron chi connectivity index (χ2n) is 20.5. The van der Waals surface area contributed by atoms with Crippen molar-refractivity contribution in [1.29, 1.82) is 0 Å². The van der Waals surface area contributed by atoms with Gasteiger partial charge in [-0.25, -0.2) is 9.59 Å². The van der Waals surface area contributed by atoms with Gasteiger partial charge >= 0.3 is 11.9 Å². The van der Waals surface area contributed by atoms with Crippen molar-refractivity contribution >= 4 is 35.1 Å². The highest BCUT2D eigenvalue weighted by Gasteiger charge is 2.04. The van der Waals surface area contributed by atoms with Crippen LogP contribution in [0.2, 0.25) is 0 Å². The first kappa shape index (κ1) is 76.1. The summed E-state index contributed by atoms with van der Waals surface area (Å²) in [6.07, 6.45) is 0. The summed E-state index contributed by atoms with van der Waals surface area (Å²) in [5, 5.41) is 10.1. The first-order chi connectivity index (χ1) is 41.8. The lowest BCUT2D eigenvalue weighted by atomic mass is 10.1. The van der Waals surface area contributed by atoms with Gasteiger partial charge in [0, 0.05) is 30.8 Å². The third kappa shape index (κ3) is 34.8. The van der Waals surface area contributed by atoms with Gasteiger partial charge in [-0.3, -0.25) is 14.4 Å². The largest absolute Gasteiger partial charge is 0.497 e. The SMILES string of the molecule is CC(=O)c1ccc(C)cc1.CC(=O)c1ccc(C)cc1.CN=Nc1ccc(C)cc1.CNC(=O)c1ccc(C)cc1.COC(=O)c1ccc(C)cc1.COC(=O)c1ccc(C)cc1.COc1ccc(C)cc1.Cc1ccc(C)cc1.Cc1ccc(C)cc1. The van der Waals surface area contributed by atoms with E-state index in [1.54, 1.807) is 59.3 Å². The number of ether oxygens (including phenoxy) is 3. The van der Waals surface area contributed by atoms with Crippen LogP contribution < -0.4 is 10.1 Å². The van der Waals surface area contributed by atoms with Gasteiger partial charge in [0.1, 0.15) is 5.75 Å². The number of nitrogens with zero attached hydrogens (tertiary/aromatic N) is 2. The number of benzene rings is 9. The van der Waals surface area contributed by atoms with Crippen molar-refractivity contribution in [2.45, 2.75) is 90.0 Å². The van der Waals surface area contributed by atoms with Gasteiger partial charge in [0.05, 0.1) is 38.1 Å². The van der Waals surface area contributed by atoms with E-state index in [9.17, 15) is 24.0 Å². The number of nitrogens with one attached hydrogen (secondary N) is 1. The maximum Gasteiger partial charge on any atom is 0.337 e. The number of methoxy groups -OCH3 is 3. The number of rotatable bonds is 7. The highest BCUT2D eigenvalue weighted by atomic mass is 16.5. The Morgan fingerprint density at radius 2 is 0.511 bits per heavy atom. The Morgan fingerprint density at radius 1 is 0.307 bits per heavy atom. The fourth-order valence-corrected chi connectivity index (χ4v) is 6.72. The molecule has 0 fully saturated rings. The first-order valence-corrected chi connectivity index (χ1v) is 28.6. The van der Waals surface area contributed by atoms with Crippen LogP contribution in [0.3, 0.4) is 0 Å². The lowest BCUT2D eigenvalue weighted by Gasteiger charge is -1.98. The van der Waals surface area contributed by atoms with Crippen molar-refractivity contribution in [2.24, 2.45) is 10.2 Å². The number of esters is 2. The minimum absolute atomic E-state index is 0.0370. The number of ketones is 2. The molecule has 0 saturated carbocycles. The van der Waals surface area contributed by atoms with Crippen molar-refractivity contribution < 1.29 is 38.2 Å². The third-order valence-electron chi connectivity index (χ3n) is 12.3. The van der Waals surface area contributed by atoms with E-state index >= 15 is 0 Å². The van der Waals surface area contributed by atoms with E-state index in [1.165, 1.54) is 58.7 Å². The summed E-state index contributed by atoms with van der Waals surface area (Å²) >= 11 is 0. The van der Waals surface area contributed by atoms with Gasteiger partial charge in [-0.05, 0) is 151 Å². The molecule has 11 heteroatoms. The molecule has 0 radical (unpaired) electrons. The van der Waals surface area contributed by atoms with E-state index in [2.05, 4.69) is 108 Å². The van der Waals surface area contributed by atoms with Gasteiger partial charge in [0.25, 0.3) is 5.91 Å². The van der Waals surface area contributed by atoms with Crippen LogP contribution in [-0.2, 0) is 9.47 Å². The van der Waals surface area contributed by atoms with E-state index in [1.807, 2.05) is 187 Å². The van der Waals surface area contributed by atoms with Crippen LogP contribution >= 0.6 is 0 Å². The zero-order chi connectivity index (χ0) is 66.0. The Hall–Kier alpha value is -9.87. The average Bonchev–Trinajstić information content (AvgIpc) is 3.68. The molecule has 0 bridgehead atoms. The van der Waals surface area contributed by atoms with Crippen molar-refractivity contribution in [3.63, 3.8) is 0 Å². The second kappa shape index (κ2) is 43.7. The highest BCUT2D eigenvalue weighted by molar-refractivity contribution is 5.95. The van der Waals surface area contributed by atoms with E-state index in [4.69, 9.17) is 4.74 Å². The number of amides is 1. The van der Waals surface area contributed by atoms with Crippen LogP contribution in [0.1, 0.15) is 127 Å². The van der Waals surface area contributed by atoms with Crippen LogP contribution in [0.4, 0.5) is 5.69 Å². The molecular weight excluding hydrogens is 1090 g/mol. The van der Waals surface area contributed by atoms with Gasteiger partial charge < -0.3 is 19.5 Å². The number of azo groups is 1. The molecule has 1 amide bonds. The summed E-state index contributed by atoms with van der Waals surface area (Å²) in [5.41, 5.74) is 18.0. The van der Waals surface area contributed by atoms with Gasteiger partial charge in [0.2, 0.25) is 0 Å².